The number of hydrogen-bond donors (Lipinski definition) is 4. The molecule has 0 radical (unpaired) electrons. The van der Waals surface area contributed by atoms with E-state index in [-0.39, 0.29) is 17.5 Å². The number of rotatable bonds is 13. The first kappa shape index (κ1) is 26.8. The molecular weight excluding hydrogens is 483 g/mol. The van der Waals surface area contributed by atoms with Crippen LogP contribution in [-0.2, 0) is 4.79 Å². The van der Waals surface area contributed by atoms with Gasteiger partial charge in [0, 0.05) is 37.3 Å². The number of aromatic nitrogens is 1. The topological polar surface area (TPSA) is 122 Å². The lowest BCUT2D eigenvalue weighted by molar-refractivity contribution is -0.109. The van der Waals surface area contributed by atoms with Gasteiger partial charge in [-0.2, -0.15) is 0 Å². The van der Waals surface area contributed by atoms with Crippen molar-refractivity contribution in [1.82, 2.24) is 15.6 Å². The Morgan fingerprint density at radius 3 is 2.74 bits per heavy atom. The number of fused-ring (bicyclic) bond motifs is 1. The summed E-state index contributed by atoms with van der Waals surface area (Å²) < 4.78 is 14.8. The van der Waals surface area contributed by atoms with Crippen molar-refractivity contribution < 1.29 is 14.0 Å². The number of unbranched alkanes of at least 4 members (excludes halogenated alkanes) is 3. The van der Waals surface area contributed by atoms with Gasteiger partial charge in [-0.25, -0.2) is 9.37 Å². The predicted molar refractivity (Wildman–Crippen MR) is 150 cm³/mol. The smallest absolute Gasteiger partial charge is 0.254 e. The lowest BCUT2D eigenvalue weighted by Crippen LogP contribution is -2.25. The first-order chi connectivity index (χ1) is 18.5. The number of benzene rings is 1. The number of halogens is 1. The zero-order valence-corrected chi connectivity index (χ0v) is 21.2. The molecule has 1 aromatic carbocycles. The van der Waals surface area contributed by atoms with E-state index < -0.39 is 11.7 Å². The third-order valence-corrected chi connectivity index (χ3v) is 6.50. The van der Waals surface area contributed by atoms with E-state index in [0.717, 1.165) is 31.3 Å². The summed E-state index contributed by atoms with van der Waals surface area (Å²) in [5.41, 5.74) is 8.84. The number of aliphatic imine (C=N–C) groups is 1. The van der Waals surface area contributed by atoms with Gasteiger partial charge in [-0.15, -0.1) is 0 Å². The second-order valence-electron chi connectivity index (χ2n) is 9.28. The first-order valence-electron chi connectivity index (χ1n) is 12.9. The third kappa shape index (κ3) is 7.15. The highest BCUT2D eigenvalue weighted by Gasteiger charge is 2.19. The zero-order chi connectivity index (χ0) is 26.7. The number of amides is 2. The fourth-order valence-electron chi connectivity index (χ4n) is 4.39. The second kappa shape index (κ2) is 13.3. The van der Waals surface area contributed by atoms with Crippen molar-refractivity contribution in [2.75, 3.05) is 30.7 Å². The van der Waals surface area contributed by atoms with E-state index in [1.807, 2.05) is 12.3 Å². The molecule has 0 spiro atoms. The minimum atomic E-state index is -0.608. The number of anilines is 2. The molecule has 8 nitrogen and oxygen atoms in total. The van der Waals surface area contributed by atoms with Crippen molar-refractivity contribution in [1.29, 1.82) is 0 Å². The van der Waals surface area contributed by atoms with Gasteiger partial charge in [0.15, 0.2) is 0 Å². The van der Waals surface area contributed by atoms with Crippen molar-refractivity contribution in [3.8, 4) is 11.3 Å². The van der Waals surface area contributed by atoms with Gasteiger partial charge in [-0.1, -0.05) is 43.2 Å². The van der Waals surface area contributed by atoms with Gasteiger partial charge in [-0.05, 0) is 48.8 Å². The predicted octanol–water partition coefficient (Wildman–Crippen LogP) is 4.04. The molecule has 2 aromatic rings. The molecule has 0 saturated heterocycles. The molecule has 5 N–H and O–H groups in total. The molecule has 2 atom stereocenters. The van der Waals surface area contributed by atoms with Crippen LogP contribution < -0.4 is 21.7 Å². The van der Waals surface area contributed by atoms with Crippen LogP contribution in [0.1, 0.15) is 36.0 Å². The maximum atomic E-state index is 14.8. The Balaban J connectivity index is 1.32. The van der Waals surface area contributed by atoms with Crippen molar-refractivity contribution in [2.24, 2.45) is 10.9 Å². The molecule has 1 aromatic heterocycles. The molecule has 2 amide bonds. The minimum Gasteiger partial charge on any atom is -0.396 e. The monoisotopic (exact) mass is 516 g/mol. The molecule has 1 aliphatic heterocycles. The number of hydrogen-bond acceptors (Lipinski definition) is 6. The van der Waals surface area contributed by atoms with Crippen LogP contribution in [0.3, 0.4) is 0 Å². The number of pyridine rings is 1. The van der Waals surface area contributed by atoms with E-state index in [9.17, 15) is 14.0 Å². The average Bonchev–Trinajstić information content (AvgIpc) is 2.93. The number of nitrogens with zero attached hydrogens (tertiary/aromatic N) is 2. The maximum Gasteiger partial charge on any atom is 0.254 e. The van der Waals surface area contributed by atoms with Crippen molar-refractivity contribution in [3.05, 3.63) is 77.7 Å². The highest BCUT2D eigenvalue weighted by Crippen LogP contribution is 2.27. The number of carbonyl (C=O) groups excluding carboxylic acids is 2. The summed E-state index contributed by atoms with van der Waals surface area (Å²) in [7, 11) is 0. The van der Waals surface area contributed by atoms with Crippen LogP contribution in [0.25, 0.3) is 11.3 Å². The van der Waals surface area contributed by atoms with Crippen LogP contribution >= 0.6 is 0 Å². The standard InChI is InChI=1S/C29H33FN6O2/c30-24-17-22(8-9-23(24)29(38)34-14-4-2-1-3-13-32-19-37)27-12-10-25(31)28(36-27)35-18-20-7-11-26-21(16-20)6-5-15-33-26/h5-12,15-17,19,21,26H,1-4,13-14,18,31H2,(H,32,37)(H,34,38)(H,35,36). The van der Waals surface area contributed by atoms with Crippen LogP contribution in [0.5, 0.6) is 0 Å². The summed E-state index contributed by atoms with van der Waals surface area (Å²) in [5.74, 6) is -0.295. The number of nitrogens with one attached hydrogen (secondary N) is 3. The van der Waals surface area contributed by atoms with Gasteiger partial charge in [0.25, 0.3) is 5.91 Å². The quantitative estimate of drug-likeness (QED) is 0.237. The van der Waals surface area contributed by atoms with Crippen LogP contribution in [-0.4, -0.2) is 49.2 Å². The van der Waals surface area contributed by atoms with E-state index in [2.05, 4.69) is 50.2 Å². The number of nitrogens with two attached hydrogens (primary N) is 1. The SMILES string of the molecule is Nc1ccc(-c2ccc(C(=O)NCCCCCCNC=O)c(F)c2)nc1NCC1=CC2C=CC=NC2C=C1. The molecule has 0 bridgehead atoms. The molecule has 2 unspecified atom stereocenters. The zero-order valence-electron chi connectivity index (χ0n) is 21.2. The molecule has 38 heavy (non-hydrogen) atoms. The normalized spacial score (nSPS) is 17.4. The average molecular weight is 517 g/mol. The molecule has 1 aliphatic carbocycles. The van der Waals surface area contributed by atoms with E-state index in [0.29, 0.717) is 48.8 Å². The van der Waals surface area contributed by atoms with E-state index >= 15 is 0 Å². The Morgan fingerprint density at radius 2 is 1.92 bits per heavy atom. The van der Waals surface area contributed by atoms with Gasteiger partial charge >= 0.3 is 0 Å². The first-order valence-corrected chi connectivity index (χ1v) is 12.9. The largest absolute Gasteiger partial charge is 0.396 e. The van der Waals surface area contributed by atoms with E-state index in [1.54, 1.807) is 18.2 Å². The molecule has 2 heterocycles. The van der Waals surface area contributed by atoms with E-state index in [1.165, 1.54) is 12.1 Å². The Labute approximate surface area is 222 Å². The Bertz CT molecular complexity index is 1270. The van der Waals surface area contributed by atoms with Crippen LogP contribution in [0.4, 0.5) is 15.9 Å². The summed E-state index contributed by atoms with van der Waals surface area (Å²) in [6, 6.07) is 8.10. The highest BCUT2D eigenvalue weighted by atomic mass is 19.1. The minimum absolute atomic E-state index is 0.00634. The van der Waals surface area contributed by atoms with Crippen molar-refractivity contribution in [2.45, 2.75) is 31.7 Å². The molecule has 198 valence electrons. The number of dihydropyridines is 1. The fraction of sp³-hybridized carbons (Fsp3) is 0.310. The summed E-state index contributed by atoms with van der Waals surface area (Å²) in [4.78, 5) is 31.7. The Hall–Kier alpha value is -4.27. The molecule has 0 saturated carbocycles. The highest BCUT2D eigenvalue weighted by molar-refractivity contribution is 5.95. The van der Waals surface area contributed by atoms with Crippen LogP contribution in [0.2, 0.25) is 0 Å². The van der Waals surface area contributed by atoms with Crippen molar-refractivity contribution >= 4 is 30.0 Å². The summed E-state index contributed by atoms with van der Waals surface area (Å²) in [6.45, 7) is 1.66. The number of nitrogen functional groups attached to an aromatic ring is 1. The van der Waals surface area contributed by atoms with Gasteiger partial charge < -0.3 is 21.7 Å². The molecule has 0 fully saturated rings. The molecular formula is C29H33FN6O2. The van der Waals surface area contributed by atoms with Crippen LogP contribution in [0, 0.1) is 11.7 Å². The van der Waals surface area contributed by atoms with E-state index in [4.69, 9.17) is 5.73 Å². The number of carbonyl (C=O) groups is 2. The molecule has 9 heteroatoms. The summed E-state index contributed by atoms with van der Waals surface area (Å²) in [6.07, 6.45) is 16.5. The lowest BCUT2D eigenvalue weighted by Gasteiger charge is -2.22. The number of allylic oxidation sites excluding steroid dienone is 1. The van der Waals surface area contributed by atoms with Gasteiger partial charge in [-0.3, -0.25) is 14.6 Å². The third-order valence-electron chi connectivity index (χ3n) is 6.50. The molecule has 4 rings (SSSR count). The fourth-order valence-corrected chi connectivity index (χ4v) is 4.39. The van der Waals surface area contributed by atoms with Crippen LogP contribution in [0.15, 0.2) is 71.3 Å². The second-order valence-corrected chi connectivity index (χ2v) is 9.28. The van der Waals surface area contributed by atoms with Gasteiger partial charge in [0.1, 0.15) is 11.6 Å². The Morgan fingerprint density at radius 1 is 1.08 bits per heavy atom. The Kier molecular flexibility index (Phi) is 9.39. The van der Waals surface area contributed by atoms with Crippen molar-refractivity contribution in [3.63, 3.8) is 0 Å². The summed E-state index contributed by atoms with van der Waals surface area (Å²) >= 11 is 0. The van der Waals surface area contributed by atoms with Gasteiger partial charge in [0.05, 0.1) is 23.0 Å². The summed E-state index contributed by atoms with van der Waals surface area (Å²) in [5, 5.41) is 8.67. The molecule has 2 aliphatic rings. The maximum absolute atomic E-state index is 14.8. The van der Waals surface area contributed by atoms with Gasteiger partial charge in [0.2, 0.25) is 6.41 Å². The lowest BCUT2D eigenvalue weighted by atomic mass is 9.90.